The van der Waals surface area contributed by atoms with E-state index in [0.29, 0.717) is 18.1 Å². The Bertz CT molecular complexity index is 626. The van der Waals surface area contributed by atoms with Gasteiger partial charge >= 0.3 is 0 Å². The Kier molecular flexibility index (Phi) is 4.42. The molecular weight excluding hydrogens is 290 g/mol. The van der Waals surface area contributed by atoms with E-state index in [2.05, 4.69) is 15.1 Å². The van der Waals surface area contributed by atoms with Gasteiger partial charge in [0.05, 0.1) is 18.4 Å². The number of pyridine rings is 1. The molecule has 0 bridgehead atoms. The lowest BCUT2D eigenvalue weighted by Gasteiger charge is -2.33. The molecule has 1 aliphatic rings. The third-order valence-electron chi connectivity index (χ3n) is 4.01. The van der Waals surface area contributed by atoms with E-state index in [-0.39, 0.29) is 18.2 Å². The molecule has 1 aliphatic heterocycles. The first-order valence-corrected chi connectivity index (χ1v) is 7.53. The van der Waals surface area contributed by atoms with Gasteiger partial charge in [0.2, 0.25) is 5.89 Å². The Morgan fingerprint density at radius 2 is 2.05 bits per heavy atom. The zero-order chi connectivity index (χ0) is 15.5. The molecule has 2 aromatic heterocycles. The van der Waals surface area contributed by atoms with Crippen molar-refractivity contribution in [2.45, 2.75) is 45.2 Å². The van der Waals surface area contributed by atoms with E-state index >= 15 is 0 Å². The van der Waals surface area contributed by atoms with Crippen LogP contribution in [0, 0.1) is 11.6 Å². The van der Waals surface area contributed by atoms with Crippen molar-refractivity contribution in [1.29, 1.82) is 0 Å². The summed E-state index contributed by atoms with van der Waals surface area (Å²) in [7, 11) is 0. The Balaban J connectivity index is 1.83. The predicted octanol–water partition coefficient (Wildman–Crippen LogP) is 3.03. The van der Waals surface area contributed by atoms with E-state index in [0.717, 1.165) is 38.2 Å². The highest BCUT2D eigenvalue weighted by molar-refractivity contribution is 5.15. The highest BCUT2D eigenvalue weighted by atomic mass is 19.1. The van der Waals surface area contributed by atoms with E-state index in [9.17, 15) is 8.78 Å². The van der Waals surface area contributed by atoms with Gasteiger partial charge in [-0.1, -0.05) is 18.5 Å². The zero-order valence-electron chi connectivity index (χ0n) is 12.4. The lowest BCUT2D eigenvalue weighted by molar-refractivity contribution is 0.128. The van der Waals surface area contributed by atoms with E-state index in [4.69, 9.17) is 4.52 Å². The van der Waals surface area contributed by atoms with Crippen molar-refractivity contribution in [1.82, 2.24) is 20.0 Å². The fourth-order valence-corrected chi connectivity index (χ4v) is 2.81. The van der Waals surface area contributed by atoms with Crippen LogP contribution in [-0.4, -0.2) is 26.6 Å². The molecular formula is C15H18F2N4O. The number of nitrogens with zero attached hydrogens (tertiary/aromatic N) is 4. The number of halogens is 2. The van der Waals surface area contributed by atoms with E-state index < -0.39 is 11.6 Å². The lowest BCUT2D eigenvalue weighted by atomic mass is 10.0. The molecule has 1 fully saturated rings. The normalized spacial score (nSPS) is 19.5. The summed E-state index contributed by atoms with van der Waals surface area (Å²) in [4.78, 5) is 9.90. The maximum Gasteiger partial charge on any atom is 0.226 e. The molecule has 0 amide bonds. The van der Waals surface area contributed by atoms with Crippen molar-refractivity contribution in [2.24, 2.45) is 0 Å². The molecule has 0 aliphatic carbocycles. The average Bonchev–Trinajstić information content (AvgIpc) is 3.00. The number of hydrogen-bond donors (Lipinski definition) is 0. The molecule has 1 saturated heterocycles. The number of aryl methyl sites for hydroxylation is 1. The molecule has 0 N–H and O–H groups in total. The summed E-state index contributed by atoms with van der Waals surface area (Å²) in [5.74, 6) is -0.0495. The second kappa shape index (κ2) is 6.48. The summed E-state index contributed by atoms with van der Waals surface area (Å²) in [5.41, 5.74) is 0.0427. The average molecular weight is 308 g/mol. The molecule has 0 aromatic carbocycles. The van der Waals surface area contributed by atoms with Gasteiger partial charge in [-0.15, -0.1) is 0 Å². The molecule has 0 radical (unpaired) electrons. The van der Waals surface area contributed by atoms with Crippen LogP contribution >= 0.6 is 0 Å². The highest BCUT2D eigenvalue weighted by Gasteiger charge is 2.29. The van der Waals surface area contributed by atoms with Crippen LogP contribution in [0.4, 0.5) is 8.78 Å². The van der Waals surface area contributed by atoms with Crippen molar-refractivity contribution in [2.75, 3.05) is 6.54 Å². The van der Waals surface area contributed by atoms with Gasteiger partial charge in [0, 0.05) is 18.5 Å². The van der Waals surface area contributed by atoms with Crippen molar-refractivity contribution >= 4 is 0 Å². The molecule has 22 heavy (non-hydrogen) atoms. The molecule has 0 spiro atoms. The van der Waals surface area contributed by atoms with Crippen molar-refractivity contribution in [3.63, 3.8) is 0 Å². The third-order valence-corrected chi connectivity index (χ3v) is 4.01. The smallest absolute Gasteiger partial charge is 0.226 e. The molecule has 118 valence electrons. The van der Waals surface area contributed by atoms with Gasteiger partial charge in [-0.25, -0.2) is 8.78 Å². The number of aromatic nitrogens is 3. The standard InChI is InChI=1S/C15H18F2N4O/c1-2-14-19-15(20-22-14)13-5-3-4-6-21(13)9-10-11(16)7-18-8-12(10)17/h7-8,13H,2-6,9H2,1H3. The topological polar surface area (TPSA) is 55.1 Å². The van der Waals surface area contributed by atoms with Gasteiger partial charge in [-0.3, -0.25) is 9.88 Å². The second-order valence-corrected chi connectivity index (χ2v) is 5.46. The van der Waals surface area contributed by atoms with Gasteiger partial charge in [-0.05, 0) is 19.4 Å². The SMILES string of the molecule is CCc1nc(C2CCCCN2Cc2c(F)cncc2F)no1. The fourth-order valence-electron chi connectivity index (χ4n) is 2.81. The Hall–Kier alpha value is -1.89. The Labute approximate surface area is 127 Å². The van der Waals surface area contributed by atoms with Crippen LogP contribution < -0.4 is 0 Å². The first-order valence-electron chi connectivity index (χ1n) is 7.53. The van der Waals surface area contributed by atoms with Gasteiger partial charge in [0.15, 0.2) is 5.82 Å². The predicted molar refractivity (Wildman–Crippen MR) is 74.8 cm³/mol. The molecule has 1 unspecified atom stereocenters. The molecule has 3 heterocycles. The van der Waals surface area contributed by atoms with Crippen LogP contribution in [-0.2, 0) is 13.0 Å². The van der Waals surface area contributed by atoms with Crippen LogP contribution in [0.3, 0.4) is 0 Å². The van der Waals surface area contributed by atoms with Crippen LogP contribution in [0.2, 0.25) is 0 Å². The summed E-state index contributed by atoms with van der Waals surface area (Å²) in [6.45, 7) is 2.88. The number of hydrogen-bond acceptors (Lipinski definition) is 5. The van der Waals surface area contributed by atoms with E-state index in [1.54, 1.807) is 0 Å². The summed E-state index contributed by atoms with van der Waals surface area (Å²) in [6, 6.07) is -0.0650. The van der Waals surface area contributed by atoms with E-state index in [1.807, 2.05) is 11.8 Å². The van der Waals surface area contributed by atoms with Crippen molar-refractivity contribution < 1.29 is 13.3 Å². The van der Waals surface area contributed by atoms with Gasteiger partial charge in [0.25, 0.3) is 0 Å². The fraction of sp³-hybridized carbons (Fsp3) is 0.533. The summed E-state index contributed by atoms with van der Waals surface area (Å²) >= 11 is 0. The third kappa shape index (κ3) is 2.99. The number of likely N-dealkylation sites (tertiary alicyclic amines) is 1. The molecule has 2 aromatic rings. The van der Waals surface area contributed by atoms with Gasteiger partial charge < -0.3 is 4.52 Å². The first-order chi connectivity index (χ1) is 10.7. The minimum Gasteiger partial charge on any atom is -0.339 e. The largest absolute Gasteiger partial charge is 0.339 e. The maximum atomic E-state index is 13.8. The molecule has 3 rings (SSSR count). The molecule has 7 heteroatoms. The van der Waals surface area contributed by atoms with Crippen LogP contribution in [0.15, 0.2) is 16.9 Å². The quantitative estimate of drug-likeness (QED) is 0.869. The van der Waals surface area contributed by atoms with Gasteiger partial charge in [0.1, 0.15) is 11.6 Å². The Morgan fingerprint density at radius 3 is 2.73 bits per heavy atom. The number of rotatable bonds is 4. The summed E-state index contributed by atoms with van der Waals surface area (Å²) in [6.07, 6.45) is 5.65. The minimum absolute atomic E-state index is 0.0427. The molecule has 5 nitrogen and oxygen atoms in total. The first kappa shape index (κ1) is 15.0. The summed E-state index contributed by atoms with van der Waals surface area (Å²) < 4.78 is 32.8. The van der Waals surface area contributed by atoms with Crippen LogP contribution in [0.5, 0.6) is 0 Å². The lowest BCUT2D eigenvalue weighted by Crippen LogP contribution is -2.34. The van der Waals surface area contributed by atoms with Crippen molar-refractivity contribution in [3.8, 4) is 0 Å². The highest BCUT2D eigenvalue weighted by Crippen LogP contribution is 2.31. The monoisotopic (exact) mass is 308 g/mol. The van der Waals surface area contributed by atoms with Crippen LogP contribution in [0.1, 0.15) is 49.5 Å². The minimum atomic E-state index is -0.619. The maximum absolute atomic E-state index is 13.8. The van der Waals surface area contributed by atoms with Crippen LogP contribution in [0.25, 0.3) is 0 Å². The van der Waals surface area contributed by atoms with Crippen molar-refractivity contribution in [3.05, 3.63) is 41.3 Å². The Morgan fingerprint density at radius 1 is 1.27 bits per heavy atom. The van der Waals surface area contributed by atoms with E-state index in [1.165, 1.54) is 0 Å². The summed E-state index contributed by atoms with van der Waals surface area (Å²) in [5, 5.41) is 4.02. The number of piperidine rings is 1. The second-order valence-electron chi connectivity index (χ2n) is 5.46. The molecule has 1 atom stereocenters. The van der Waals surface area contributed by atoms with Gasteiger partial charge in [-0.2, -0.15) is 4.98 Å². The molecule has 0 saturated carbocycles. The zero-order valence-corrected chi connectivity index (χ0v) is 12.4.